The van der Waals surface area contributed by atoms with Gasteiger partial charge in [0, 0.05) is 0 Å². The van der Waals surface area contributed by atoms with E-state index < -0.39 is 10.1 Å². The number of phenols is 1. The zero-order valence-corrected chi connectivity index (χ0v) is 8.13. The van der Waals surface area contributed by atoms with Crippen LogP contribution >= 0.6 is 0 Å². The van der Waals surface area contributed by atoms with Crippen molar-refractivity contribution < 1.29 is 18.1 Å². The predicted octanol–water partition coefficient (Wildman–Crippen LogP) is 0.981. The summed E-state index contributed by atoms with van der Waals surface area (Å²) in [4.78, 5) is -0.291. The van der Waals surface area contributed by atoms with Gasteiger partial charge in [-0.2, -0.15) is 0 Å². The second-order valence-corrected chi connectivity index (χ2v) is 3.75. The van der Waals surface area contributed by atoms with E-state index in [1.165, 1.54) is 13.0 Å². The highest BCUT2D eigenvalue weighted by Gasteiger charge is 2.04. The van der Waals surface area contributed by atoms with Crippen LogP contribution in [0.1, 0.15) is 5.56 Å². The van der Waals surface area contributed by atoms with Gasteiger partial charge in [0.05, 0.1) is 4.90 Å². The molecule has 6 heteroatoms. The molecule has 0 aromatic heterocycles. The SMILES string of the molecule is Cc1cc(O)ccc1S(=O)(=O)[O-].[NH4+]. The number of rotatable bonds is 1. The van der Waals surface area contributed by atoms with E-state index in [9.17, 15) is 13.0 Å². The standard InChI is InChI=1S/C7H8O4S.H3N/c1-5-4-6(8)2-3-7(5)12(9,10)11;/h2-4,8H,1H3,(H,9,10,11);1H3. The molecule has 5 N–H and O–H groups in total. The molecule has 0 aliphatic heterocycles. The molecule has 1 rings (SSSR count). The van der Waals surface area contributed by atoms with E-state index in [1.807, 2.05) is 0 Å². The van der Waals surface area contributed by atoms with Crippen molar-refractivity contribution in [3.63, 3.8) is 0 Å². The van der Waals surface area contributed by atoms with Crippen molar-refractivity contribution in [2.45, 2.75) is 11.8 Å². The molecule has 0 radical (unpaired) electrons. The van der Waals surface area contributed by atoms with Crippen molar-refractivity contribution in [3.05, 3.63) is 23.8 Å². The molecule has 0 amide bonds. The van der Waals surface area contributed by atoms with E-state index in [0.29, 0.717) is 0 Å². The molecule has 0 atom stereocenters. The number of aromatic hydroxyl groups is 1. The molecule has 1 aromatic carbocycles. The third-order valence-electron chi connectivity index (χ3n) is 1.43. The van der Waals surface area contributed by atoms with E-state index in [1.54, 1.807) is 0 Å². The fourth-order valence-electron chi connectivity index (χ4n) is 0.914. The maximum atomic E-state index is 10.5. The molecule has 74 valence electrons. The van der Waals surface area contributed by atoms with Gasteiger partial charge >= 0.3 is 0 Å². The van der Waals surface area contributed by atoms with Crippen LogP contribution in [0.5, 0.6) is 5.75 Å². The van der Waals surface area contributed by atoms with Crippen molar-refractivity contribution in [3.8, 4) is 5.75 Å². The number of phenolic OH excluding ortho intramolecular Hbond substituents is 1. The third kappa shape index (κ3) is 2.69. The Balaban J connectivity index is 0.00000144. The van der Waals surface area contributed by atoms with Crippen LogP contribution in [-0.2, 0) is 10.1 Å². The van der Waals surface area contributed by atoms with Gasteiger partial charge in [-0.3, -0.25) is 0 Å². The first-order valence-electron chi connectivity index (χ1n) is 3.17. The van der Waals surface area contributed by atoms with Crippen molar-refractivity contribution in [2.24, 2.45) is 0 Å². The van der Waals surface area contributed by atoms with Crippen molar-refractivity contribution in [1.29, 1.82) is 0 Å². The summed E-state index contributed by atoms with van der Waals surface area (Å²) in [5, 5.41) is 8.91. The molecular formula is C7H11NO4S. The molecule has 0 aliphatic rings. The van der Waals surface area contributed by atoms with Gasteiger partial charge in [-0.1, -0.05) is 0 Å². The maximum absolute atomic E-state index is 10.5. The number of quaternary nitrogens is 1. The van der Waals surface area contributed by atoms with Crippen molar-refractivity contribution in [1.82, 2.24) is 6.15 Å². The van der Waals surface area contributed by atoms with Gasteiger partial charge < -0.3 is 15.8 Å². The van der Waals surface area contributed by atoms with Gasteiger partial charge in [0.1, 0.15) is 15.9 Å². The highest BCUT2D eigenvalue weighted by Crippen LogP contribution is 2.19. The van der Waals surface area contributed by atoms with E-state index in [-0.39, 0.29) is 22.4 Å². The Hall–Kier alpha value is -1.11. The Morgan fingerprint density at radius 2 is 1.92 bits per heavy atom. The van der Waals surface area contributed by atoms with Gasteiger partial charge in [-0.15, -0.1) is 0 Å². The Morgan fingerprint density at radius 3 is 2.31 bits per heavy atom. The highest BCUT2D eigenvalue weighted by molar-refractivity contribution is 7.85. The Labute approximate surface area is 76.4 Å². The summed E-state index contributed by atoms with van der Waals surface area (Å²) < 4.78 is 31.6. The molecule has 0 heterocycles. The second-order valence-electron chi connectivity index (χ2n) is 2.40. The lowest BCUT2D eigenvalue weighted by molar-refractivity contribution is 0.460. The minimum atomic E-state index is -4.41. The first-order chi connectivity index (χ1) is 5.41. The summed E-state index contributed by atoms with van der Waals surface area (Å²) in [6.07, 6.45) is 0. The van der Waals surface area contributed by atoms with Crippen LogP contribution in [-0.4, -0.2) is 18.1 Å². The summed E-state index contributed by atoms with van der Waals surface area (Å²) in [5.74, 6) is -0.0556. The molecule has 13 heavy (non-hydrogen) atoms. The summed E-state index contributed by atoms with van der Waals surface area (Å²) in [6.45, 7) is 1.45. The molecule has 0 fully saturated rings. The summed E-state index contributed by atoms with van der Waals surface area (Å²) in [7, 11) is -4.41. The lowest BCUT2D eigenvalue weighted by atomic mass is 10.2. The summed E-state index contributed by atoms with van der Waals surface area (Å²) >= 11 is 0. The fourth-order valence-corrected chi connectivity index (χ4v) is 1.60. The van der Waals surface area contributed by atoms with E-state index >= 15 is 0 Å². The largest absolute Gasteiger partial charge is 0.744 e. The van der Waals surface area contributed by atoms with Gasteiger partial charge in [0.2, 0.25) is 0 Å². The zero-order valence-electron chi connectivity index (χ0n) is 7.31. The van der Waals surface area contributed by atoms with Gasteiger partial charge in [0.15, 0.2) is 0 Å². The molecule has 0 saturated carbocycles. The first kappa shape index (κ1) is 11.9. The minimum Gasteiger partial charge on any atom is -0.744 e. The number of hydrogen-bond donors (Lipinski definition) is 2. The van der Waals surface area contributed by atoms with Crippen LogP contribution in [0.2, 0.25) is 0 Å². The molecular weight excluding hydrogens is 194 g/mol. The third-order valence-corrected chi connectivity index (χ3v) is 2.42. The van der Waals surface area contributed by atoms with Gasteiger partial charge in [0.25, 0.3) is 0 Å². The first-order valence-corrected chi connectivity index (χ1v) is 4.57. The Kier molecular flexibility index (Phi) is 3.42. The van der Waals surface area contributed by atoms with E-state index in [0.717, 1.165) is 12.1 Å². The van der Waals surface area contributed by atoms with Crippen LogP contribution in [0, 0.1) is 6.92 Å². The smallest absolute Gasteiger partial charge is 0.124 e. The lowest BCUT2D eigenvalue weighted by Gasteiger charge is -2.09. The molecule has 0 aliphatic carbocycles. The quantitative estimate of drug-likeness (QED) is 0.665. The van der Waals surface area contributed by atoms with E-state index in [2.05, 4.69) is 0 Å². The average molecular weight is 205 g/mol. The van der Waals surface area contributed by atoms with Crippen LogP contribution in [0.4, 0.5) is 0 Å². The van der Waals surface area contributed by atoms with Crippen LogP contribution in [0.3, 0.4) is 0 Å². The second kappa shape index (κ2) is 3.73. The van der Waals surface area contributed by atoms with E-state index in [4.69, 9.17) is 5.11 Å². The zero-order chi connectivity index (χ0) is 9.35. The van der Waals surface area contributed by atoms with Crippen molar-refractivity contribution >= 4 is 10.1 Å². The maximum Gasteiger partial charge on any atom is 0.124 e. The minimum absolute atomic E-state index is 0. The van der Waals surface area contributed by atoms with Crippen LogP contribution < -0.4 is 6.15 Å². The monoisotopic (exact) mass is 205 g/mol. The molecule has 5 nitrogen and oxygen atoms in total. The fraction of sp³-hybridized carbons (Fsp3) is 0.143. The number of benzene rings is 1. The normalized spacial score (nSPS) is 10.6. The average Bonchev–Trinajstić information content (AvgIpc) is 1.83. The van der Waals surface area contributed by atoms with Crippen LogP contribution in [0.25, 0.3) is 0 Å². The molecule has 1 aromatic rings. The Morgan fingerprint density at radius 1 is 1.38 bits per heavy atom. The topological polar surface area (TPSA) is 114 Å². The summed E-state index contributed by atoms with van der Waals surface area (Å²) in [5.41, 5.74) is 0.255. The van der Waals surface area contributed by atoms with Crippen LogP contribution in [0.15, 0.2) is 23.1 Å². The molecule has 0 unspecified atom stereocenters. The lowest BCUT2D eigenvalue weighted by Crippen LogP contribution is -2.00. The summed E-state index contributed by atoms with van der Waals surface area (Å²) in [6, 6.07) is 3.48. The highest BCUT2D eigenvalue weighted by atomic mass is 32.2. The van der Waals surface area contributed by atoms with Gasteiger partial charge in [-0.05, 0) is 30.7 Å². The predicted molar refractivity (Wildman–Crippen MR) is 46.8 cm³/mol. The number of aryl methyl sites for hydroxylation is 1. The Bertz CT molecular complexity index is 399. The molecule has 0 saturated heterocycles. The van der Waals surface area contributed by atoms with Gasteiger partial charge in [-0.25, -0.2) is 8.42 Å². The number of hydrogen-bond acceptors (Lipinski definition) is 4. The molecule has 0 bridgehead atoms. The van der Waals surface area contributed by atoms with Crippen molar-refractivity contribution in [2.75, 3.05) is 0 Å². The molecule has 0 spiro atoms.